The third-order valence-corrected chi connectivity index (χ3v) is 4.48. The van der Waals surface area contributed by atoms with Crippen molar-refractivity contribution in [3.8, 4) is 0 Å². The summed E-state index contributed by atoms with van der Waals surface area (Å²) >= 11 is 0. The van der Waals surface area contributed by atoms with Gasteiger partial charge in [0.05, 0.1) is 6.54 Å². The molecule has 4 nitrogen and oxygen atoms in total. The molecule has 0 saturated carbocycles. The van der Waals surface area contributed by atoms with Crippen molar-refractivity contribution >= 4 is 17.3 Å². The molecule has 0 unspecified atom stereocenters. The zero-order chi connectivity index (χ0) is 16.9. The molecule has 0 spiro atoms. The molecule has 4 heteroatoms. The van der Waals surface area contributed by atoms with Crippen molar-refractivity contribution < 1.29 is 4.79 Å². The van der Waals surface area contributed by atoms with E-state index in [4.69, 9.17) is 0 Å². The SMILES string of the molecule is Cc1cccc(N(C(=O)CN2CCN(C)CC2)c2ccccc2)c1. The Balaban J connectivity index is 1.83. The number of anilines is 2. The standard InChI is InChI=1S/C20H25N3O/c1-17-7-6-10-19(15-17)23(18-8-4-3-5-9-18)20(24)16-22-13-11-21(2)12-14-22/h3-10,15H,11-14,16H2,1-2H3. The fraction of sp³-hybridized carbons (Fsp3) is 0.350. The molecule has 0 radical (unpaired) electrons. The molecule has 0 N–H and O–H groups in total. The topological polar surface area (TPSA) is 26.8 Å². The summed E-state index contributed by atoms with van der Waals surface area (Å²) < 4.78 is 0. The molecule has 24 heavy (non-hydrogen) atoms. The van der Waals surface area contributed by atoms with Crippen LogP contribution in [-0.4, -0.2) is 55.5 Å². The number of amides is 1. The van der Waals surface area contributed by atoms with Gasteiger partial charge in [-0.05, 0) is 43.8 Å². The van der Waals surface area contributed by atoms with E-state index in [-0.39, 0.29) is 5.91 Å². The molecular formula is C20H25N3O. The normalized spacial score (nSPS) is 16.1. The molecule has 0 aliphatic carbocycles. The van der Waals surface area contributed by atoms with Gasteiger partial charge in [-0.1, -0.05) is 30.3 Å². The molecule has 2 aromatic rings. The van der Waals surface area contributed by atoms with Gasteiger partial charge in [-0.2, -0.15) is 0 Å². The lowest BCUT2D eigenvalue weighted by Crippen LogP contribution is -2.48. The van der Waals surface area contributed by atoms with Crippen LogP contribution in [-0.2, 0) is 4.79 Å². The zero-order valence-electron chi connectivity index (χ0n) is 14.5. The van der Waals surface area contributed by atoms with Crippen LogP contribution in [0.4, 0.5) is 11.4 Å². The van der Waals surface area contributed by atoms with Crippen molar-refractivity contribution in [2.75, 3.05) is 44.7 Å². The summed E-state index contributed by atoms with van der Waals surface area (Å²) in [6.07, 6.45) is 0. The lowest BCUT2D eigenvalue weighted by molar-refractivity contribution is -0.119. The van der Waals surface area contributed by atoms with E-state index in [0.717, 1.165) is 43.1 Å². The van der Waals surface area contributed by atoms with E-state index in [9.17, 15) is 4.79 Å². The lowest BCUT2D eigenvalue weighted by Gasteiger charge is -2.33. The minimum atomic E-state index is 0.122. The zero-order valence-corrected chi connectivity index (χ0v) is 14.5. The molecule has 1 aliphatic heterocycles. The molecule has 2 aromatic carbocycles. The van der Waals surface area contributed by atoms with Gasteiger partial charge < -0.3 is 4.90 Å². The van der Waals surface area contributed by atoms with E-state index < -0.39 is 0 Å². The lowest BCUT2D eigenvalue weighted by atomic mass is 10.1. The largest absolute Gasteiger partial charge is 0.304 e. The predicted octanol–water partition coefficient (Wildman–Crippen LogP) is 2.91. The molecule has 0 aromatic heterocycles. The number of piperazine rings is 1. The van der Waals surface area contributed by atoms with E-state index in [1.54, 1.807) is 0 Å². The highest BCUT2D eigenvalue weighted by atomic mass is 16.2. The van der Waals surface area contributed by atoms with E-state index >= 15 is 0 Å². The van der Waals surface area contributed by atoms with Crippen molar-refractivity contribution in [2.45, 2.75) is 6.92 Å². The maximum atomic E-state index is 13.1. The number of hydrogen-bond acceptors (Lipinski definition) is 3. The molecule has 1 aliphatic rings. The first-order chi connectivity index (χ1) is 11.6. The van der Waals surface area contributed by atoms with Gasteiger partial charge in [0.25, 0.3) is 0 Å². The van der Waals surface area contributed by atoms with Gasteiger partial charge in [0.1, 0.15) is 0 Å². The molecule has 1 amide bonds. The van der Waals surface area contributed by atoms with Crippen LogP contribution >= 0.6 is 0 Å². The molecule has 3 rings (SSSR count). The number of hydrogen-bond donors (Lipinski definition) is 0. The Morgan fingerprint density at radius 1 is 0.958 bits per heavy atom. The summed E-state index contributed by atoms with van der Waals surface area (Å²) in [5.74, 6) is 0.122. The van der Waals surface area contributed by atoms with E-state index in [2.05, 4.69) is 35.9 Å². The van der Waals surface area contributed by atoms with Crippen molar-refractivity contribution in [1.29, 1.82) is 0 Å². The Hall–Kier alpha value is -2.17. The Labute approximate surface area is 144 Å². The van der Waals surface area contributed by atoms with Crippen molar-refractivity contribution in [2.24, 2.45) is 0 Å². The first kappa shape index (κ1) is 16.7. The van der Waals surface area contributed by atoms with Gasteiger partial charge in [-0.3, -0.25) is 14.6 Å². The van der Waals surface area contributed by atoms with E-state index in [1.165, 1.54) is 0 Å². The third-order valence-electron chi connectivity index (χ3n) is 4.48. The number of likely N-dealkylation sites (N-methyl/N-ethyl adjacent to an activating group) is 1. The summed E-state index contributed by atoms with van der Waals surface area (Å²) in [6.45, 7) is 6.43. The summed E-state index contributed by atoms with van der Waals surface area (Å²) in [4.78, 5) is 19.5. The maximum Gasteiger partial charge on any atom is 0.245 e. The number of para-hydroxylation sites is 1. The Morgan fingerprint density at radius 2 is 1.62 bits per heavy atom. The van der Waals surface area contributed by atoms with Gasteiger partial charge in [-0.15, -0.1) is 0 Å². The van der Waals surface area contributed by atoms with Crippen molar-refractivity contribution in [1.82, 2.24) is 9.80 Å². The van der Waals surface area contributed by atoms with E-state index in [0.29, 0.717) is 6.54 Å². The molecule has 1 saturated heterocycles. The van der Waals surface area contributed by atoms with Gasteiger partial charge >= 0.3 is 0 Å². The van der Waals surface area contributed by atoms with Crippen molar-refractivity contribution in [3.05, 3.63) is 60.2 Å². The van der Waals surface area contributed by atoms with Crippen LogP contribution in [0.25, 0.3) is 0 Å². The van der Waals surface area contributed by atoms with Crippen LogP contribution in [0.1, 0.15) is 5.56 Å². The quantitative estimate of drug-likeness (QED) is 0.865. The summed E-state index contributed by atoms with van der Waals surface area (Å²) in [6, 6.07) is 18.0. The molecular weight excluding hydrogens is 298 g/mol. The average Bonchev–Trinajstić information content (AvgIpc) is 2.58. The Morgan fingerprint density at radius 3 is 2.29 bits per heavy atom. The third kappa shape index (κ3) is 4.02. The summed E-state index contributed by atoms with van der Waals surface area (Å²) in [5, 5.41) is 0. The van der Waals surface area contributed by atoms with Crippen LogP contribution in [0.2, 0.25) is 0 Å². The Bertz CT molecular complexity index is 678. The minimum Gasteiger partial charge on any atom is -0.304 e. The predicted molar refractivity (Wildman–Crippen MR) is 98.7 cm³/mol. The summed E-state index contributed by atoms with van der Waals surface area (Å²) in [7, 11) is 2.13. The second-order valence-corrected chi connectivity index (χ2v) is 6.48. The number of aryl methyl sites for hydroxylation is 1. The molecule has 0 atom stereocenters. The monoisotopic (exact) mass is 323 g/mol. The fourth-order valence-electron chi connectivity index (χ4n) is 3.05. The Kier molecular flexibility index (Phi) is 5.28. The van der Waals surface area contributed by atoms with Crippen LogP contribution in [0.3, 0.4) is 0 Å². The summed E-state index contributed by atoms with van der Waals surface area (Å²) in [5.41, 5.74) is 3.00. The number of benzene rings is 2. The highest BCUT2D eigenvalue weighted by Gasteiger charge is 2.22. The van der Waals surface area contributed by atoms with Gasteiger partial charge in [0.15, 0.2) is 0 Å². The van der Waals surface area contributed by atoms with Gasteiger partial charge in [0.2, 0.25) is 5.91 Å². The van der Waals surface area contributed by atoms with Gasteiger partial charge in [-0.25, -0.2) is 0 Å². The second-order valence-electron chi connectivity index (χ2n) is 6.48. The number of carbonyl (C=O) groups excluding carboxylic acids is 1. The second kappa shape index (κ2) is 7.60. The van der Waals surface area contributed by atoms with Crippen molar-refractivity contribution in [3.63, 3.8) is 0 Å². The smallest absolute Gasteiger partial charge is 0.245 e. The average molecular weight is 323 g/mol. The molecule has 126 valence electrons. The molecule has 1 heterocycles. The fourth-order valence-corrected chi connectivity index (χ4v) is 3.05. The van der Waals surface area contributed by atoms with Gasteiger partial charge in [0, 0.05) is 37.6 Å². The number of rotatable bonds is 4. The van der Waals surface area contributed by atoms with Crippen LogP contribution in [0.5, 0.6) is 0 Å². The number of nitrogens with zero attached hydrogens (tertiary/aromatic N) is 3. The first-order valence-electron chi connectivity index (χ1n) is 8.49. The molecule has 0 bridgehead atoms. The maximum absolute atomic E-state index is 13.1. The first-order valence-corrected chi connectivity index (χ1v) is 8.49. The number of carbonyl (C=O) groups is 1. The van der Waals surface area contributed by atoms with E-state index in [1.807, 2.05) is 47.4 Å². The van der Waals surface area contributed by atoms with Crippen LogP contribution in [0.15, 0.2) is 54.6 Å². The minimum absolute atomic E-state index is 0.122. The van der Waals surface area contributed by atoms with Crippen LogP contribution in [0, 0.1) is 6.92 Å². The highest BCUT2D eigenvalue weighted by Crippen LogP contribution is 2.26. The highest BCUT2D eigenvalue weighted by molar-refractivity contribution is 6.01. The van der Waals surface area contributed by atoms with Crippen LogP contribution < -0.4 is 4.90 Å². The molecule has 1 fully saturated rings.